The van der Waals surface area contributed by atoms with Gasteiger partial charge in [0.25, 0.3) is 0 Å². The van der Waals surface area contributed by atoms with Crippen molar-refractivity contribution in [3.8, 4) is 0 Å². The molecule has 5 heteroatoms. The van der Waals surface area contributed by atoms with Crippen LogP contribution in [0.5, 0.6) is 0 Å². The fourth-order valence-corrected chi connectivity index (χ4v) is 3.07. The molecule has 0 bridgehead atoms. The summed E-state index contributed by atoms with van der Waals surface area (Å²) in [4.78, 5) is 13.2. The second-order valence-electron chi connectivity index (χ2n) is 4.21. The summed E-state index contributed by atoms with van der Waals surface area (Å²) < 4.78 is 0. The molecule has 2 rings (SSSR count). The third-order valence-corrected chi connectivity index (χ3v) is 4.41. The van der Waals surface area contributed by atoms with Crippen LogP contribution in [0.4, 0.5) is 0 Å². The number of rotatable bonds is 4. The van der Waals surface area contributed by atoms with Gasteiger partial charge in [0.05, 0.1) is 10.0 Å². The molecule has 108 valence electrons. The maximum Gasteiger partial charge on any atom is 0.185 e. The van der Waals surface area contributed by atoms with Gasteiger partial charge in [-0.3, -0.25) is 4.79 Å². The molecule has 2 aromatic rings. The van der Waals surface area contributed by atoms with E-state index in [0.717, 1.165) is 4.90 Å². The van der Waals surface area contributed by atoms with E-state index in [9.17, 15) is 4.79 Å². The van der Waals surface area contributed by atoms with Crippen molar-refractivity contribution >= 4 is 58.4 Å². The van der Waals surface area contributed by atoms with Crippen LogP contribution in [0.1, 0.15) is 15.9 Å². The molecule has 0 aliphatic heterocycles. The summed E-state index contributed by atoms with van der Waals surface area (Å²) in [5.41, 5.74) is 1.20. The third-order valence-electron chi connectivity index (χ3n) is 2.82. The van der Waals surface area contributed by atoms with E-state index in [4.69, 9.17) is 34.8 Å². The smallest absolute Gasteiger partial charge is 0.185 e. The molecule has 2 aromatic carbocycles. The highest BCUT2D eigenvalue weighted by molar-refractivity contribution is 7.98. The third kappa shape index (κ3) is 4.27. The lowest BCUT2D eigenvalue weighted by atomic mass is 10.1. The summed E-state index contributed by atoms with van der Waals surface area (Å²) in [7, 11) is 0. The van der Waals surface area contributed by atoms with Crippen LogP contribution in [-0.4, -0.2) is 12.0 Å². The minimum atomic E-state index is -0.107. The Morgan fingerprint density at radius 2 is 1.62 bits per heavy atom. The van der Waals surface area contributed by atoms with Gasteiger partial charge in [-0.05, 0) is 54.8 Å². The number of hydrogen-bond donors (Lipinski definition) is 0. The van der Waals surface area contributed by atoms with Crippen molar-refractivity contribution in [2.45, 2.75) is 4.90 Å². The highest BCUT2D eigenvalue weighted by Gasteiger charge is 2.06. The van der Waals surface area contributed by atoms with Crippen LogP contribution < -0.4 is 0 Å². The molecule has 0 saturated carbocycles. The van der Waals surface area contributed by atoms with Crippen molar-refractivity contribution < 1.29 is 4.79 Å². The molecule has 0 aliphatic rings. The lowest BCUT2D eigenvalue weighted by Crippen LogP contribution is -1.93. The average molecular weight is 358 g/mol. The van der Waals surface area contributed by atoms with Gasteiger partial charge < -0.3 is 0 Å². The van der Waals surface area contributed by atoms with Gasteiger partial charge in [-0.2, -0.15) is 0 Å². The summed E-state index contributed by atoms with van der Waals surface area (Å²) in [5.74, 6) is -0.107. The number of hydrogen-bond acceptors (Lipinski definition) is 2. The molecular formula is C16H11Cl3OS. The SMILES string of the molecule is CSc1ccc(C(=O)/C=C/c2c(Cl)cc(Cl)cc2Cl)cc1. The first-order valence-corrected chi connectivity index (χ1v) is 8.38. The van der Waals surface area contributed by atoms with Gasteiger partial charge in [0.15, 0.2) is 5.78 Å². The molecule has 1 nitrogen and oxygen atoms in total. The quantitative estimate of drug-likeness (QED) is 0.364. The number of allylic oxidation sites excluding steroid dienone is 1. The van der Waals surface area contributed by atoms with Gasteiger partial charge in [0.1, 0.15) is 0 Å². The summed E-state index contributed by atoms with van der Waals surface area (Å²) in [6.45, 7) is 0. The fraction of sp³-hybridized carbons (Fsp3) is 0.0625. The minimum absolute atomic E-state index is 0.107. The minimum Gasteiger partial charge on any atom is -0.289 e. The Hall–Kier alpha value is -0.930. The first-order chi connectivity index (χ1) is 10.0. The normalized spacial score (nSPS) is 11.0. The van der Waals surface area contributed by atoms with Crippen molar-refractivity contribution in [2.24, 2.45) is 0 Å². The van der Waals surface area contributed by atoms with Crippen molar-refractivity contribution in [3.05, 3.63) is 68.7 Å². The molecule has 0 N–H and O–H groups in total. The van der Waals surface area contributed by atoms with E-state index in [-0.39, 0.29) is 5.78 Å². The Balaban J connectivity index is 2.22. The Labute approximate surface area is 142 Å². The maximum absolute atomic E-state index is 12.1. The Kier molecular flexibility index (Phi) is 5.77. The highest BCUT2D eigenvalue weighted by atomic mass is 35.5. The van der Waals surface area contributed by atoms with E-state index in [1.807, 2.05) is 18.4 Å². The second-order valence-corrected chi connectivity index (χ2v) is 6.34. The molecule has 0 unspecified atom stereocenters. The van der Waals surface area contributed by atoms with Gasteiger partial charge in [-0.15, -0.1) is 11.8 Å². The number of ketones is 1. The summed E-state index contributed by atoms with van der Waals surface area (Å²) in [6.07, 6.45) is 5.04. The van der Waals surface area contributed by atoms with Gasteiger partial charge in [-0.1, -0.05) is 34.8 Å². The van der Waals surface area contributed by atoms with E-state index in [0.29, 0.717) is 26.2 Å². The van der Waals surface area contributed by atoms with Crippen LogP contribution in [0, 0.1) is 0 Å². The van der Waals surface area contributed by atoms with Crippen LogP contribution in [0.15, 0.2) is 47.4 Å². The Morgan fingerprint density at radius 3 is 2.14 bits per heavy atom. The van der Waals surface area contributed by atoms with Gasteiger partial charge in [0.2, 0.25) is 0 Å². The summed E-state index contributed by atoms with van der Waals surface area (Å²) >= 11 is 19.6. The largest absolute Gasteiger partial charge is 0.289 e. The fourth-order valence-electron chi connectivity index (χ4n) is 1.72. The molecule has 0 aromatic heterocycles. The molecule has 0 aliphatic carbocycles. The predicted molar refractivity (Wildman–Crippen MR) is 93.1 cm³/mol. The van der Waals surface area contributed by atoms with E-state index in [1.165, 1.54) is 6.08 Å². The van der Waals surface area contributed by atoms with E-state index in [2.05, 4.69) is 0 Å². The first-order valence-electron chi connectivity index (χ1n) is 6.02. The van der Waals surface area contributed by atoms with E-state index < -0.39 is 0 Å². The van der Waals surface area contributed by atoms with Crippen LogP contribution >= 0.6 is 46.6 Å². The number of halogens is 3. The topological polar surface area (TPSA) is 17.1 Å². The first kappa shape index (κ1) is 16.4. The van der Waals surface area contributed by atoms with Crippen molar-refractivity contribution in [2.75, 3.05) is 6.26 Å². The molecule has 21 heavy (non-hydrogen) atoms. The van der Waals surface area contributed by atoms with Crippen molar-refractivity contribution in [1.29, 1.82) is 0 Å². The maximum atomic E-state index is 12.1. The summed E-state index contributed by atoms with van der Waals surface area (Å²) in [5, 5.41) is 1.28. The van der Waals surface area contributed by atoms with Crippen molar-refractivity contribution in [3.63, 3.8) is 0 Å². The van der Waals surface area contributed by atoms with Crippen LogP contribution in [-0.2, 0) is 0 Å². The molecule has 0 amide bonds. The zero-order chi connectivity index (χ0) is 15.4. The Bertz CT molecular complexity index is 670. The zero-order valence-corrected chi connectivity index (χ0v) is 14.2. The van der Waals surface area contributed by atoms with E-state index >= 15 is 0 Å². The van der Waals surface area contributed by atoms with E-state index in [1.54, 1.807) is 42.1 Å². The molecule has 0 saturated heterocycles. The number of carbonyl (C=O) groups is 1. The molecular weight excluding hydrogens is 347 g/mol. The van der Waals surface area contributed by atoms with Crippen LogP contribution in [0.2, 0.25) is 15.1 Å². The monoisotopic (exact) mass is 356 g/mol. The molecule has 0 heterocycles. The van der Waals surface area contributed by atoms with Gasteiger partial charge in [0, 0.05) is 21.0 Å². The number of benzene rings is 2. The standard InChI is InChI=1S/C16H11Cl3OS/c1-21-12-4-2-10(3-5-12)16(20)7-6-13-14(18)8-11(17)9-15(13)19/h2-9H,1H3/b7-6+. The molecule has 0 spiro atoms. The predicted octanol–water partition coefficient (Wildman–Crippen LogP) is 6.26. The number of carbonyl (C=O) groups excluding carboxylic acids is 1. The highest BCUT2D eigenvalue weighted by Crippen LogP contribution is 2.30. The Morgan fingerprint density at radius 1 is 1.05 bits per heavy atom. The lowest BCUT2D eigenvalue weighted by molar-refractivity contribution is 0.104. The van der Waals surface area contributed by atoms with Gasteiger partial charge >= 0.3 is 0 Å². The molecule has 0 atom stereocenters. The number of thioether (sulfide) groups is 1. The summed E-state index contributed by atoms with van der Waals surface area (Å²) in [6, 6.07) is 10.6. The zero-order valence-electron chi connectivity index (χ0n) is 11.1. The van der Waals surface area contributed by atoms with Gasteiger partial charge in [-0.25, -0.2) is 0 Å². The van der Waals surface area contributed by atoms with Crippen LogP contribution in [0.3, 0.4) is 0 Å². The van der Waals surface area contributed by atoms with Crippen molar-refractivity contribution in [1.82, 2.24) is 0 Å². The molecule has 0 fully saturated rings. The second kappa shape index (κ2) is 7.37. The van der Waals surface area contributed by atoms with Crippen LogP contribution in [0.25, 0.3) is 6.08 Å². The lowest BCUT2D eigenvalue weighted by Gasteiger charge is -2.03. The molecule has 0 radical (unpaired) electrons. The average Bonchev–Trinajstić information content (AvgIpc) is 2.46.